The minimum absolute atomic E-state index is 0.146. The number of ether oxygens (including phenoxy) is 1. The average Bonchev–Trinajstić information content (AvgIpc) is 2.95. The second-order valence-corrected chi connectivity index (χ2v) is 11.6. The highest BCUT2D eigenvalue weighted by atomic mass is 32.2. The molecule has 1 aliphatic carbocycles. The third kappa shape index (κ3) is 9.21. The molecule has 1 atom stereocenters. The van der Waals surface area contributed by atoms with E-state index in [0.717, 1.165) is 36.1 Å². The number of hydrogen-bond donors (Lipinski definition) is 2. The van der Waals surface area contributed by atoms with E-state index in [-0.39, 0.29) is 23.1 Å². The van der Waals surface area contributed by atoms with Crippen molar-refractivity contribution in [2.24, 2.45) is 0 Å². The maximum Gasteiger partial charge on any atom is 0.242 e. The fourth-order valence-electron chi connectivity index (χ4n) is 4.64. The highest BCUT2D eigenvalue weighted by molar-refractivity contribution is 7.89. The average molecular weight is 556 g/mol. The summed E-state index contributed by atoms with van der Waals surface area (Å²) >= 11 is 0. The molecule has 8 nitrogen and oxygen atoms in total. The van der Waals surface area contributed by atoms with Crippen LogP contribution in [0, 0.1) is 0 Å². The van der Waals surface area contributed by atoms with Gasteiger partial charge in [0.25, 0.3) is 0 Å². The smallest absolute Gasteiger partial charge is 0.242 e. The largest absolute Gasteiger partial charge is 0.497 e. The molecule has 0 heterocycles. The lowest BCUT2D eigenvalue weighted by atomic mass is 9.97. The summed E-state index contributed by atoms with van der Waals surface area (Å²) < 4.78 is 32.1. The standard InChI is InChI=1S/C30H41N3O5S/c1-4-32-39(36,37)28-17-12-25(13-18-28)14-19-29(34)33(22-26-10-15-27(38-3)16-11-26)23(2)30(35)31-21-20-24-8-6-5-7-9-24/h8,10-13,15-18,23,32H,4-7,9,14,19-22H2,1-3H3,(H,31,35). The van der Waals surface area contributed by atoms with E-state index < -0.39 is 16.1 Å². The summed E-state index contributed by atoms with van der Waals surface area (Å²) in [4.78, 5) is 28.3. The van der Waals surface area contributed by atoms with Crippen molar-refractivity contribution in [3.05, 3.63) is 71.3 Å². The van der Waals surface area contributed by atoms with E-state index in [2.05, 4.69) is 16.1 Å². The topological polar surface area (TPSA) is 105 Å². The number of benzene rings is 2. The van der Waals surface area contributed by atoms with E-state index >= 15 is 0 Å². The summed E-state index contributed by atoms with van der Waals surface area (Å²) in [6, 6.07) is 13.4. The van der Waals surface area contributed by atoms with Crippen LogP contribution < -0.4 is 14.8 Å². The molecule has 0 spiro atoms. The van der Waals surface area contributed by atoms with Crippen molar-refractivity contribution >= 4 is 21.8 Å². The molecule has 2 aromatic rings. The Morgan fingerprint density at radius 1 is 1.00 bits per heavy atom. The van der Waals surface area contributed by atoms with Gasteiger partial charge in [0.05, 0.1) is 12.0 Å². The van der Waals surface area contributed by atoms with E-state index in [1.54, 1.807) is 50.1 Å². The van der Waals surface area contributed by atoms with Gasteiger partial charge in [-0.3, -0.25) is 9.59 Å². The van der Waals surface area contributed by atoms with Crippen LogP contribution >= 0.6 is 0 Å². The molecule has 9 heteroatoms. The first kappa shape index (κ1) is 30.4. The first-order chi connectivity index (χ1) is 18.7. The molecule has 0 saturated heterocycles. The molecule has 3 rings (SSSR count). The normalized spacial score (nSPS) is 14.3. The molecule has 0 bridgehead atoms. The summed E-state index contributed by atoms with van der Waals surface area (Å²) in [5.74, 6) is 0.401. The number of amides is 2. The van der Waals surface area contributed by atoms with Gasteiger partial charge in [0.15, 0.2) is 0 Å². The number of rotatable bonds is 14. The zero-order chi connectivity index (χ0) is 28.3. The lowest BCUT2D eigenvalue weighted by Gasteiger charge is -2.29. The number of carbonyl (C=O) groups is 2. The fraction of sp³-hybridized carbons (Fsp3) is 0.467. The van der Waals surface area contributed by atoms with Gasteiger partial charge in [-0.05, 0) is 80.8 Å². The number of carbonyl (C=O) groups excluding carboxylic acids is 2. The van der Waals surface area contributed by atoms with Gasteiger partial charge in [0.1, 0.15) is 11.8 Å². The number of aryl methyl sites for hydroxylation is 1. The van der Waals surface area contributed by atoms with Crippen LogP contribution in [0.15, 0.2) is 65.1 Å². The van der Waals surface area contributed by atoms with Crippen molar-refractivity contribution < 1.29 is 22.7 Å². The van der Waals surface area contributed by atoms with Gasteiger partial charge in [-0.2, -0.15) is 0 Å². The van der Waals surface area contributed by atoms with Gasteiger partial charge in [-0.25, -0.2) is 13.1 Å². The molecule has 0 radical (unpaired) electrons. The Balaban J connectivity index is 1.66. The van der Waals surface area contributed by atoms with Crippen molar-refractivity contribution in [1.29, 1.82) is 0 Å². The van der Waals surface area contributed by atoms with E-state index in [9.17, 15) is 18.0 Å². The summed E-state index contributed by atoms with van der Waals surface area (Å²) in [6.45, 7) is 4.65. The third-order valence-corrected chi connectivity index (χ3v) is 8.57. The minimum atomic E-state index is -3.53. The van der Waals surface area contributed by atoms with Crippen molar-refractivity contribution in [2.45, 2.75) is 76.3 Å². The van der Waals surface area contributed by atoms with Crippen LogP contribution in [-0.2, 0) is 32.6 Å². The van der Waals surface area contributed by atoms with Crippen LogP contribution in [0.1, 0.15) is 63.5 Å². The Morgan fingerprint density at radius 3 is 2.31 bits per heavy atom. The molecular weight excluding hydrogens is 514 g/mol. The SMILES string of the molecule is CCNS(=O)(=O)c1ccc(CCC(=O)N(Cc2ccc(OC)cc2)C(C)C(=O)NCCC2=CCCCC2)cc1. The Labute approximate surface area is 232 Å². The van der Waals surface area contributed by atoms with Gasteiger partial charge in [-0.15, -0.1) is 0 Å². The van der Waals surface area contributed by atoms with Gasteiger partial charge in [0, 0.05) is 26.1 Å². The van der Waals surface area contributed by atoms with E-state index in [4.69, 9.17) is 4.74 Å². The molecule has 1 unspecified atom stereocenters. The van der Waals surface area contributed by atoms with Gasteiger partial charge >= 0.3 is 0 Å². The molecule has 1 aliphatic rings. The molecule has 212 valence electrons. The van der Waals surface area contributed by atoms with Crippen LogP contribution in [0.25, 0.3) is 0 Å². The number of sulfonamides is 1. The van der Waals surface area contributed by atoms with Crippen LogP contribution in [0.3, 0.4) is 0 Å². The van der Waals surface area contributed by atoms with Crippen LogP contribution in [0.5, 0.6) is 5.75 Å². The second-order valence-electron chi connectivity index (χ2n) is 9.84. The van der Waals surface area contributed by atoms with Crippen LogP contribution in [0.4, 0.5) is 0 Å². The molecule has 2 amide bonds. The summed E-state index contributed by atoms with van der Waals surface area (Å²) in [5.41, 5.74) is 3.14. The predicted molar refractivity (Wildman–Crippen MR) is 153 cm³/mol. The van der Waals surface area contributed by atoms with Crippen molar-refractivity contribution in [3.63, 3.8) is 0 Å². The molecule has 0 aliphatic heterocycles. The zero-order valence-corrected chi connectivity index (χ0v) is 24.1. The maximum atomic E-state index is 13.4. The van der Waals surface area contributed by atoms with Gasteiger partial charge in [0.2, 0.25) is 21.8 Å². The predicted octanol–water partition coefficient (Wildman–Crippen LogP) is 4.35. The first-order valence-electron chi connectivity index (χ1n) is 13.7. The van der Waals surface area contributed by atoms with E-state index in [1.807, 2.05) is 24.3 Å². The zero-order valence-electron chi connectivity index (χ0n) is 23.2. The Hall–Kier alpha value is -3.17. The molecule has 39 heavy (non-hydrogen) atoms. The molecule has 0 fully saturated rings. The fourth-order valence-corrected chi connectivity index (χ4v) is 5.68. The first-order valence-corrected chi connectivity index (χ1v) is 15.2. The van der Waals surface area contributed by atoms with Crippen molar-refractivity contribution in [3.8, 4) is 5.75 Å². The number of hydrogen-bond acceptors (Lipinski definition) is 5. The van der Waals surface area contributed by atoms with Crippen molar-refractivity contribution in [2.75, 3.05) is 20.2 Å². The maximum absolute atomic E-state index is 13.4. The molecule has 0 aromatic heterocycles. The van der Waals surface area contributed by atoms with Crippen LogP contribution in [-0.4, -0.2) is 51.4 Å². The number of nitrogens with zero attached hydrogens (tertiary/aromatic N) is 1. The molecular formula is C30H41N3O5S. The Bertz CT molecular complexity index is 1220. The monoisotopic (exact) mass is 555 g/mol. The molecule has 2 aromatic carbocycles. The Kier molecular flexibility index (Phi) is 11.6. The second kappa shape index (κ2) is 14.8. The summed E-state index contributed by atoms with van der Waals surface area (Å²) in [7, 11) is -1.93. The van der Waals surface area contributed by atoms with E-state index in [0.29, 0.717) is 26.1 Å². The quantitative estimate of drug-likeness (QED) is 0.337. The van der Waals surface area contributed by atoms with Crippen molar-refractivity contribution in [1.82, 2.24) is 14.9 Å². The Morgan fingerprint density at radius 2 is 1.69 bits per heavy atom. The number of allylic oxidation sites excluding steroid dienone is 1. The lowest BCUT2D eigenvalue weighted by molar-refractivity contribution is -0.140. The third-order valence-electron chi connectivity index (χ3n) is 7.01. The molecule has 0 saturated carbocycles. The van der Waals surface area contributed by atoms with Gasteiger partial charge in [-0.1, -0.05) is 42.8 Å². The highest BCUT2D eigenvalue weighted by Gasteiger charge is 2.26. The minimum Gasteiger partial charge on any atom is -0.497 e. The summed E-state index contributed by atoms with van der Waals surface area (Å²) in [5, 5.41) is 3.02. The van der Waals surface area contributed by atoms with Gasteiger partial charge < -0.3 is 15.0 Å². The number of nitrogens with one attached hydrogen (secondary N) is 2. The number of methoxy groups -OCH3 is 1. The highest BCUT2D eigenvalue weighted by Crippen LogP contribution is 2.20. The molecule has 2 N–H and O–H groups in total. The lowest BCUT2D eigenvalue weighted by Crippen LogP contribution is -2.47. The van der Waals surface area contributed by atoms with E-state index in [1.165, 1.54) is 18.4 Å². The van der Waals surface area contributed by atoms with Crippen LogP contribution in [0.2, 0.25) is 0 Å². The summed E-state index contributed by atoms with van der Waals surface area (Å²) in [6.07, 6.45) is 8.38.